The first-order chi connectivity index (χ1) is 13.6. The molecule has 0 unspecified atom stereocenters. The van der Waals surface area contributed by atoms with Gasteiger partial charge in [-0.3, -0.25) is 9.78 Å². The van der Waals surface area contributed by atoms with Crippen LogP contribution in [0.1, 0.15) is 43.2 Å². The third-order valence-corrected chi connectivity index (χ3v) is 3.56. The maximum absolute atomic E-state index is 11.1. The minimum absolute atomic E-state index is 0.0706. The van der Waals surface area contributed by atoms with Crippen molar-refractivity contribution in [1.29, 1.82) is 0 Å². The number of halogens is 1. The van der Waals surface area contributed by atoms with Gasteiger partial charge in [0.25, 0.3) is 0 Å². The predicted molar refractivity (Wildman–Crippen MR) is 116 cm³/mol. The molecule has 28 heavy (non-hydrogen) atoms. The van der Waals surface area contributed by atoms with E-state index < -0.39 is 0 Å². The van der Waals surface area contributed by atoms with E-state index in [1.807, 2.05) is 42.5 Å². The van der Waals surface area contributed by atoms with Crippen LogP contribution in [0, 0.1) is 0 Å². The van der Waals surface area contributed by atoms with Crippen molar-refractivity contribution >= 4 is 27.8 Å². The summed E-state index contributed by atoms with van der Waals surface area (Å²) < 4.78 is 0. The molecule has 0 atom stereocenters. The van der Waals surface area contributed by atoms with Gasteiger partial charge in [-0.1, -0.05) is 67.6 Å². The molecular weight excluding hydrogens is 421 g/mol. The Kier molecular flexibility index (Phi) is 15.6. The molecule has 6 heteroatoms. The number of Topliss-reactive ketones (excluding diaryl/α,β-unsaturated/α-hetero) is 1. The van der Waals surface area contributed by atoms with E-state index in [1.165, 1.54) is 5.57 Å². The number of benzene rings is 1. The first kappa shape index (κ1) is 25.8. The van der Waals surface area contributed by atoms with Crippen LogP contribution in [-0.4, -0.2) is 17.0 Å². The summed E-state index contributed by atoms with van der Waals surface area (Å²) in [6.45, 7) is 6.27. The Balaban J connectivity index is 0.000000566. The van der Waals surface area contributed by atoms with Gasteiger partial charge in [0.1, 0.15) is 0 Å². The molecule has 0 fully saturated rings. The molecule has 0 aliphatic rings. The topological polar surface area (TPSA) is 66.4 Å². The number of hydrogen-bond donors (Lipinski definition) is 0. The molecular formula is C22H25ClCuN3O-2. The SMILES string of the molecule is CC(=O)c1ccc([N-]Cc2ccccn2)cc1.CC/C(C)=C/C=C\C=[N-].[Cl][Cu]. The molecule has 1 aromatic heterocycles. The number of carbonyl (C=O) groups is 1. The molecule has 0 aliphatic heterocycles. The Morgan fingerprint density at radius 2 is 1.82 bits per heavy atom. The zero-order valence-electron chi connectivity index (χ0n) is 16.3. The normalized spacial score (nSPS) is 10.3. The molecule has 0 saturated carbocycles. The summed E-state index contributed by atoms with van der Waals surface area (Å²) in [7, 11) is 4.20. The van der Waals surface area contributed by atoms with Crippen molar-refractivity contribution in [1.82, 2.24) is 4.98 Å². The molecule has 0 radical (unpaired) electrons. The third-order valence-electron chi connectivity index (χ3n) is 3.56. The van der Waals surface area contributed by atoms with Crippen molar-refractivity contribution in [3.8, 4) is 0 Å². The number of allylic oxidation sites excluding steroid dienone is 4. The Morgan fingerprint density at radius 3 is 2.32 bits per heavy atom. The Bertz CT molecular complexity index is 744. The van der Waals surface area contributed by atoms with Crippen molar-refractivity contribution in [3.05, 3.63) is 94.4 Å². The molecule has 1 aromatic carbocycles. The fourth-order valence-corrected chi connectivity index (χ4v) is 1.85. The fraction of sp³-hybridized carbons (Fsp3) is 0.227. The number of pyridine rings is 1. The summed E-state index contributed by atoms with van der Waals surface area (Å²) in [5, 5.41) is 12.6. The quantitative estimate of drug-likeness (QED) is 0.205. The van der Waals surface area contributed by atoms with E-state index in [4.69, 9.17) is 5.41 Å². The number of ketones is 1. The molecule has 0 N–H and O–H groups in total. The van der Waals surface area contributed by atoms with Crippen molar-refractivity contribution in [3.63, 3.8) is 0 Å². The molecule has 2 aromatic rings. The number of aromatic nitrogens is 1. The van der Waals surface area contributed by atoms with E-state index in [9.17, 15) is 4.79 Å². The second-order valence-electron chi connectivity index (χ2n) is 5.64. The molecule has 0 saturated heterocycles. The fourth-order valence-electron chi connectivity index (χ4n) is 1.85. The predicted octanol–water partition coefficient (Wildman–Crippen LogP) is 6.72. The van der Waals surface area contributed by atoms with Gasteiger partial charge < -0.3 is 10.7 Å². The summed E-state index contributed by atoms with van der Waals surface area (Å²) in [5.74, 6) is 0.0706. The standard InChI is InChI=1S/C14H14N2O.C8H12N.ClH.Cu/c1-11(17)12-5-7-13(8-6-12)16-10-14-4-2-3-9-15-14;1-3-8(2)6-4-5-7-9;;/h2-9H,10H2,1H3,(H,16,17);4-7H,3H2,1-2H3;1H;/q;-1;;+1/p-2/b;5-4-,8-6+;;. The van der Waals surface area contributed by atoms with Crippen LogP contribution in [0.4, 0.5) is 5.69 Å². The monoisotopic (exact) mass is 445 g/mol. The van der Waals surface area contributed by atoms with Crippen LogP contribution in [0.2, 0.25) is 0 Å². The van der Waals surface area contributed by atoms with Crippen LogP contribution in [-0.2, 0) is 21.6 Å². The zero-order valence-corrected chi connectivity index (χ0v) is 18.0. The van der Waals surface area contributed by atoms with Crippen LogP contribution >= 0.6 is 10.1 Å². The average Bonchev–Trinajstić information content (AvgIpc) is 2.75. The van der Waals surface area contributed by atoms with Gasteiger partial charge in [-0.15, -0.1) is 5.69 Å². The summed E-state index contributed by atoms with van der Waals surface area (Å²) in [6.07, 6.45) is 9.24. The van der Waals surface area contributed by atoms with Crippen LogP contribution in [0.15, 0.2) is 72.5 Å². The summed E-state index contributed by atoms with van der Waals surface area (Å²) in [5.41, 5.74) is 3.82. The first-order valence-electron chi connectivity index (χ1n) is 8.66. The number of nitrogens with zero attached hydrogens (tertiary/aromatic N) is 3. The molecule has 2 rings (SSSR count). The number of rotatable bonds is 7. The third kappa shape index (κ3) is 12.2. The Labute approximate surface area is 180 Å². The van der Waals surface area contributed by atoms with Crippen molar-refractivity contribution in [2.24, 2.45) is 0 Å². The van der Waals surface area contributed by atoms with Crippen molar-refractivity contribution in [2.75, 3.05) is 0 Å². The van der Waals surface area contributed by atoms with Crippen LogP contribution in [0.25, 0.3) is 10.7 Å². The number of hydrogen-bond acceptors (Lipinski definition) is 2. The Morgan fingerprint density at radius 1 is 1.14 bits per heavy atom. The molecule has 1 heterocycles. The van der Waals surface area contributed by atoms with Gasteiger partial charge in [0.05, 0.1) is 0 Å². The summed E-state index contributed by atoms with van der Waals surface area (Å²) in [4.78, 5) is 15.3. The zero-order chi connectivity index (χ0) is 21.2. The summed E-state index contributed by atoms with van der Waals surface area (Å²) in [6, 6.07) is 13.0. The molecule has 0 aliphatic carbocycles. The van der Waals surface area contributed by atoms with Crippen molar-refractivity contribution < 1.29 is 19.9 Å². The van der Waals surface area contributed by atoms with E-state index in [0.717, 1.165) is 24.0 Å². The van der Waals surface area contributed by atoms with Crippen LogP contribution in [0.5, 0.6) is 0 Å². The van der Waals surface area contributed by atoms with E-state index in [0.29, 0.717) is 12.1 Å². The molecule has 0 spiro atoms. The summed E-state index contributed by atoms with van der Waals surface area (Å²) >= 11 is 3.66. The van der Waals surface area contributed by atoms with Crippen molar-refractivity contribution in [2.45, 2.75) is 33.7 Å². The van der Waals surface area contributed by atoms with E-state index in [1.54, 1.807) is 31.3 Å². The molecule has 0 bridgehead atoms. The van der Waals surface area contributed by atoms with Gasteiger partial charge in [0.15, 0.2) is 5.78 Å². The van der Waals surface area contributed by atoms with Gasteiger partial charge in [-0.2, -0.15) is 6.21 Å². The second kappa shape index (κ2) is 16.9. The van der Waals surface area contributed by atoms with Gasteiger partial charge in [0, 0.05) is 17.5 Å². The van der Waals surface area contributed by atoms with E-state index in [2.05, 4.69) is 49.3 Å². The Hall–Kier alpha value is -2.20. The van der Waals surface area contributed by atoms with Gasteiger partial charge in [-0.05, 0) is 32.4 Å². The molecule has 4 nitrogen and oxygen atoms in total. The first-order valence-corrected chi connectivity index (χ1v) is 9.96. The van der Waals surface area contributed by atoms with Gasteiger partial charge in [0.2, 0.25) is 0 Å². The minimum atomic E-state index is 0.0706. The number of carbonyl (C=O) groups excluding carboxylic acids is 1. The second-order valence-corrected chi connectivity index (χ2v) is 5.64. The maximum atomic E-state index is 11.1. The van der Waals surface area contributed by atoms with Gasteiger partial charge >= 0.3 is 25.2 Å². The van der Waals surface area contributed by atoms with Crippen LogP contribution in [0.3, 0.4) is 0 Å². The molecule has 0 amide bonds. The molecule has 154 valence electrons. The van der Waals surface area contributed by atoms with E-state index >= 15 is 0 Å². The van der Waals surface area contributed by atoms with Gasteiger partial charge in [-0.25, -0.2) is 0 Å². The van der Waals surface area contributed by atoms with Crippen LogP contribution < -0.4 is 0 Å². The van der Waals surface area contributed by atoms with E-state index in [-0.39, 0.29) is 5.78 Å². The average molecular weight is 446 g/mol.